The van der Waals surface area contributed by atoms with Gasteiger partial charge < -0.3 is 5.11 Å². The summed E-state index contributed by atoms with van der Waals surface area (Å²) >= 11 is 15.1. The van der Waals surface area contributed by atoms with Gasteiger partial charge in [0.2, 0.25) is 0 Å². The molecule has 7 aromatic rings. The minimum atomic E-state index is -1.34. The first-order chi connectivity index (χ1) is 25.4. The Morgan fingerprint density at radius 3 is 1.50 bits per heavy atom. The van der Waals surface area contributed by atoms with Crippen LogP contribution in [0.1, 0.15) is 35.4 Å². The molecule has 0 spiro atoms. The highest BCUT2D eigenvalue weighted by atomic mass is 79.9. The van der Waals surface area contributed by atoms with Crippen molar-refractivity contribution in [1.82, 2.24) is 0 Å². The van der Waals surface area contributed by atoms with Gasteiger partial charge in [-0.25, -0.2) is 0 Å². The van der Waals surface area contributed by atoms with Crippen molar-refractivity contribution in [2.75, 3.05) is 0 Å². The van der Waals surface area contributed by atoms with Crippen LogP contribution in [0, 0.1) is 0 Å². The van der Waals surface area contributed by atoms with E-state index in [0.717, 1.165) is 70.2 Å². The van der Waals surface area contributed by atoms with E-state index in [2.05, 4.69) is 171 Å². The maximum Gasteiger partial charge on any atom is 0.110 e. The van der Waals surface area contributed by atoms with Gasteiger partial charge in [0.1, 0.15) is 5.60 Å². The van der Waals surface area contributed by atoms with Crippen molar-refractivity contribution in [3.05, 3.63) is 207 Å². The third kappa shape index (κ3) is 6.52. The largest absolute Gasteiger partial charge is 0.381 e. The molecule has 2 atom stereocenters. The number of benzene rings is 7. The fourth-order valence-electron chi connectivity index (χ4n) is 7.92. The van der Waals surface area contributed by atoms with Gasteiger partial charge in [-0.05, 0) is 109 Å². The van der Waals surface area contributed by atoms with Gasteiger partial charge in [-0.15, -0.1) is 0 Å². The van der Waals surface area contributed by atoms with Crippen molar-refractivity contribution in [3.8, 4) is 44.5 Å². The van der Waals surface area contributed by atoms with Crippen LogP contribution >= 0.6 is 43.5 Å². The summed E-state index contributed by atoms with van der Waals surface area (Å²) in [4.78, 5) is 0. The minimum absolute atomic E-state index is 0.118. The van der Waals surface area contributed by atoms with Gasteiger partial charge >= 0.3 is 0 Å². The van der Waals surface area contributed by atoms with Crippen LogP contribution in [0.25, 0.3) is 50.1 Å². The topological polar surface area (TPSA) is 20.2 Å². The van der Waals surface area contributed by atoms with Crippen molar-refractivity contribution in [1.29, 1.82) is 0 Å². The summed E-state index contributed by atoms with van der Waals surface area (Å²) in [6.07, 6.45) is 3.19. The fraction of sp³-hybridized carbons (Fsp3) is 0.0833. The molecule has 1 aliphatic carbocycles. The second-order valence-electron chi connectivity index (χ2n) is 13.4. The van der Waals surface area contributed by atoms with Crippen LogP contribution in [0.2, 0.25) is 5.02 Å². The van der Waals surface area contributed by atoms with Crippen molar-refractivity contribution in [2.45, 2.75) is 24.4 Å². The third-order valence-corrected chi connectivity index (χ3v) is 12.0. The standard InChI is InChI=1S/C48H35Br2ClO/c49-40-27-15-13-25-38(40)36-29-37(31-48(52,30-36)39-26-14-16-28-41(39)51)46-44(34-21-9-3-10-22-34)42(32-17-5-1-6-18-32)43(33-19-7-2-8-20-33)45(47(46)50)35-23-11-4-12-24-35/h1-28,30,37,52H,29,31H2. The van der Waals surface area contributed by atoms with Crippen molar-refractivity contribution >= 4 is 49.0 Å². The molecule has 1 nitrogen and oxygen atoms in total. The summed E-state index contributed by atoms with van der Waals surface area (Å²) in [5.41, 5.74) is 11.7. The van der Waals surface area contributed by atoms with Crippen LogP contribution < -0.4 is 0 Å². The molecular weight excluding hydrogens is 788 g/mol. The summed E-state index contributed by atoms with van der Waals surface area (Å²) in [5.74, 6) is -0.118. The Morgan fingerprint density at radius 2 is 0.962 bits per heavy atom. The van der Waals surface area contributed by atoms with E-state index in [4.69, 9.17) is 11.6 Å². The van der Waals surface area contributed by atoms with Gasteiger partial charge in [0, 0.05) is 25.1 Å². The second-order valence-corrected chi connectivity index (χ2v) is 15.4. The number of rotatable bonds is 7. The summed E-state index contributed by atoms with van der Waals surface area (Å²) in [6, 6.07) is 58.8. The number of hydrogen-bond acceptors (Lipinski definition) is 1. The van der Waals surface area contributed by atoms with Gasteiger partial charge in [0.05, 0.1) is 0 Å². The van der Waals surface area contributed by atoms with Gasteiger partial charge in [-0.2, -0.15) is 0 Å². The normalized spacial score (nSPS) is 17.1. The Kier molecular flexibility index (Phi) is 9.87. The molecule has 1 N–H and O–H groups in total. The number of allylic oxidation sites excluding steroid dienone is 1. The average molecular weight is 823 g/mol. The van der Waals surface area contributed by atoms with E-state index in [9.17, 15) is 5.11 Å². The molecule has 0 fully saturated rings. The Morgan fingerprint density at radius 1 is 0.519 bits per heavy atom. The molecule has 7 aromatic carbocycles. The zero-order valence-electron chi connectivity index (χ0n) is 28.3. The zero-order chi connectivity index (χ0) is 35.7. The first-order valence-electron chi connectivity index (χ1n) is 17.5. The molecule has 1 aliphatic rings. The number of aliphatic hydroxyl groups is 1. The Labute approximate surface area is 327 Å². The smallest absolute Gasteiger partial charge is 0.110 e. The van der Waals surface area contributed by atoms with Gasteiger partial charge in [0.15, 0.2) is 0 Å². The Bertz CT molecular complexity index is 2390. The van der Waals surface area contributed by atoms with Crippen LogP contribution in [0.3, 0.4) is 0 Å². The lowest BCUT2D eigenvalue weighted by Crippen LogP contribution is -2.30. The minimum Gasteiger partial charge on any atom is -0.381 e. The maximum absolute atomic E-state index is 12.9. The Hall–Kier alpha value is -4.51. The van der Waals surface area contributed by atoms with E-state index >= 15 is 0 Å². The van der Waals surface area contributed by atoms with Crippen LogP contribution in [0.4, 0.5) is 0 Å². The van der Waals surface area contributed by atoms with E-state index in [1.807, 2.05) is 36.4 Å². The highest BCUT2D eigenvalue weighted by molar-refractivity contribution is 9.11. The molecule has 0 heterocycles. The molecule has 8 rings (SSSR count). The third-order valence-electron chi connectivity index (χ3n) is 10.1. The molecule has 254 valence electrons. The van der Waals surface area contributed by atoms with E-state index in [0.29, 0.717) is 23.4 Å². The molecule has 2 unspecified atom stereocenters. The first-order valence-corrected chi connectivity index (χ1v) is 19.4. The van der Waals surface area contributed by atoms with Crippen LogP contribution in [-0.4, -0.2) is 5.11 Å². The predicted molar refractivity (Wildman–Crippen MR) is 225 cm³/mol. The molecule has 0 aromatic heterocycles. The van der Waals surface area contributed by atoms with E-state index < -0.39 is 5.60 Å². The van der Waals surface area contributed by atoms with Crippen LogP contribution in [0.5, 0.6) is 0 Å². The van der Waals surface area contributed by atoms with Gasteiger partial charge in [-0.3, -0.25) is 0 Å². The monoisotopic (exact) mass is 820 g/mol. The van der Waals surface area contributed by atoms with Crippen molar-refractivity contribution in [3.63, 3.8) is 0 Å². The fourth-order valence-corrected chi connectivity index (χ4v) is 9.71. The molecule has 52 heavy (non-hydrogen) atoms. The van der Waals surface area contributed by atoms with Crippen LogP contribution in [0.15, 0.2) is 185 Å². The zero-order valence-corrected chi connectivity index (χ0v) is 32.2. The lowest BCUT2D eigenvalue weighted by molar-refractivity contribution is 0.0673. The second kappa shape index (κ2) is 14.8. The molecule has 0 saturated carbocycles. The summed E-state index contributed by atoms with van der Waals surface area (Å²) in [7, 11) is 0. The highest BCUT2D eigenvalue weighted by Gasteiger charge is 2.41. The van der Waals surface area contributed by atoms with Gasteiger partial charge in [0.25, 0.3) is 0 Å². The predicted octanol–water partition coefficient (Wildman–Crippen LogP) is 14.4. The quantitative estimate of drug-likeness (QED) is 0.170. The molecule has 0 aliphatic heterocycles. The molecule has 0 radical (unpaired) electrons. The van der Waals surface area contributed by atoms with E-state index in [1.54, 1.807) is 0 Å². The molecular formula is C48H35Br2ClO. The lowest BCUT2D eigenvalue weighted by atomic mass is 9.69. The van der Waals surface area contributed by atoms with Crippen molar-refractivity contribution < 1.29 is 5.11 Å². The van der Waals surface area contributed by atoms with Crippen molar-refractivity contribution in [2.24, 2.45) is 0 Å². The molecule has 0 bridgehead atoms. The number of hydrogen-bond donors (Lipinski definition) is 1. The van der Waals surface area contributed by atoms with Gasteiger partial charge in [-0.1, -0.05) is 185 Å². The first kappa shape index (κ1) is 34.6. The molecule has 0 amide bonds. The summed E-state index contributed by atoms with van der Waals surface area (Å²) in [6.45, 7) is 0. The summed E-state index contributed by atoms with van der Waals surface area (Å²) < 4.78 is 2.01. The average Bonchev–Trinajstić information content (AvgIpc) is 3.18. The summed E-state index contributed by atoms with van der Waals surface area (Å²) in [5, 5.41) is 13.5. The SMILES string of the molecule is OC1(c2ccccc2Cl)C=C(c2ccccc2Br)CC(c2c(Br)c(-c3ccccc3)c(-c3ccccc3)c(-c3ccccc3)c2-c2ccccc2)C1. The lowest BCUT2D eigenvalue weighted by Gasteiger charge is -2.39. The van der Waals surface area contributed by atoms with E-state index in [1.165, 1.54) is 0 Å². The Balaban J connectivity index is 1.52. The van der Waals surface area contributed by atoms with E-state index in [-0.39, 0.29) is 5.92 Å². The van der Waals surface area contributed by atoms with Crippen LogP contribution in [-0.2, 0) is 5.60 Å². The maximum atomic E-state index is 12.9. The number of halogens is 3. The highest BCUT2D eigenvalue weighted by Crippen LogP contribution is 2.57. The molecule has 4 heteroatoms. The molecule has 0 saturated heterocycles.